The summed E-state index contributed by atoms with van der Waals surface area (Å²) in [4.78, 5) is 0. The molecule has 0 aliphatic carbocycles. The van der Waals surface area contributed by atoms with Gasteiger partial charge in [0.1, 0.15) is 0 Å². The fraction of sp³-hybridized carbons (Fsp3) is 0.500. The van der Waals surface area contributed by atoms with Gasteiger partial charge >= 0.3 is 29.6 Å². The van der Waals surface area contributed by atoms with Gasteiger partial charge in [-0.2, -0.15) is 5.26 Å². The first-order valence-corrected chi connectivity index (χ1v) is 1.60. The van der Waals surface area contributed by atoms with E-state index in [4.69, 9.17) is 5.26 Å². The Balaban J connectivity index is -0.0000000800. The second-order valence-electron chi connectivity index (χ2n) is 0.718. The second kappa shape index (κ2) is 8.02. The molecule has 0 saturated carbocycles. The molecule has 58 valence electrons. The molecule has 1 nitrogen and oxygen atoms in total. The number of rotatable bonds is 0. The Morgan fingerprint density at radius 1 is 1.22 bits per heavy atom. The minimum Gasteiger partial charge on any atom is -0.418 e. The van der Waals surface area contributed by atoms with Gasteiger partial charge in [-0.3, -0.25) is 0 Å². The van der Waals surface area contributed by atoms with Crippen LogP contribution < -0.4 is 0 Å². The van der Waals surface area contributed by atoms with Crippen molar-refractivity contribution in [1.29, 1.82) is 5.26 Å². The van der Waals surface area contributed by atoms with Gasteiger partial charge in [0, 0.05) is 6.92 Å². The molecule has 0 aromatic heterocycles. The van der Waals surface area contributed by atoms with E-state index in [1.165, 1.54) is 6.92 Å². The Labute approximate surface area is 65.7 Å². The van der Waals surface area contributed by atoms with Crippen molar-refractivity contribution in [3.63, 3.8) is 0 Å². The normalized spacial score (nSPS) is 7.56. The summed E-state index contributed by atoms with van der Waals surface area (Å²) < 4.78 is 39.0. The smallest absolute Gasteiger partial charge is 0.418 e. The topological polar surface area (TPSA) is 23.8 Å². The Morgan fingerprint density at radius 3 is 1.22 bits per heavy atom. The zero-order chi connectivity index (χ0) is 7.21. The van der Waals surface area contributed by atoms with E-state index in [0.717, 1.165) is 0 Å². The zero-order valence-electron chi connectivity index (χ0n) is 4.34. The van der Waals surface area contributed by atoms with Gasteiger partial charge in [0.05, 0.1) is 6.07 Å². The van der Waals surface area contributed by atoms with Crippen LogP contribution in [0.2, 0.25) is 0 Å². The molecule has 0 spiro atoms. The van der Waals surface area contributed by atoms with Crippen molar-refractivity contribution in [1.82, 2.24) is 0 Å². The standard InChI is InChI=1S/C2H3N.Ag.BF4/c1-2-3;;2-1(3,4)5/h1H3;;/q;+1;-1. The number of halogens is 4. The molecular weight excluding hydrogens is 233 g/mol. The number of nitrogens with zero attached hydrogens (tertiary/aromatic N) is 1. The van der Waals surface area contributed by atoms with Gasteiger partial charge < -0.3 is 17.3 Å². The third-order valence-corrected chi connectivity index (χ3v) is 0. The molecule has 0 atom stereocenters. The molecule has 0 bridgehead atoms. The maximum absolute atomic E-state index is 9.75. The monoisotopic (exact) mass is 235 g/mol. The predicted octanol–water partition coefficient (Wildman–Crippen LogP) is 1.83. The Kier molecular flexibility index (Phi) is 14.3. The summed E-state index contributed by atoms with van der Waals surface area (Å²) in [6.45, 7) is 1.43. The van der Waals surface area contributed by atoms with Crippen LogP contribution in [0.25, 0.3) is 0 Å². The van der Waals surface area contributed by atoms with E-state index in [1.54, 1.807) is 6.07 Å². The average molecular weight is 236 g/mol. The summed E-state index contributed by atoms with van der Waals surface area (Å²) in [7, 11) is -6.00. The predicted molar refractivity (Wildman–Crippen MR) is 21.5 cm³/mol. The zero-order valence-corrected chi connectivity index (χ0v) is 5.82. The summed E-state index contributed by atoms with van der Waals surface area (Å²) in [5.74, 6) is 0. The van der Waals surface area contributed by atoms with Gasteiger partial charge in [0.2, 0.25) is 0 Å². The summed E-state index contributed by atoms with van der Waals surface area (Å²) >= 11 is 0. The maximum Gasteiger partial charge on any atom is 1.00 e. The van der Waals surface area contributed by atoms with Crippen LogP contribution in [0.5, 0.6) is 0 Å². The van der Waals surface area contributed by atoms with E-state index in [9.17, 15) is 17.3 Å². The SMILES string of the molecule is CC#N.F[B-](F)(F)F.[Ag+]. The van der Waals surface area contributed by atoms with Gasteiger partial charge in [0.25, 0.3) is 0 Å². The van der Waals surface area contributed by atoms with Crippen LogP contribution in [0.4, 0.5) is 17.3 Å². The minimum atomic E-state index is -6.00. The first kappa shape index (κ1) is 16.0. The molecular formula is C2H3AgBF4N. The average Bonchev–Trinajstić information content (AvgIpc) is 1.27. The van der Waals surface area contributed by atoms with Crippen molar-refractivity contribution in [3.05, 3.63) is 0 Å². The minimum absolute atomic E-state index is 0. The largest absolute Gasteiger partial charge is 1.00 e. The van der Waals surface area contributed by atoms with Crippen molar-refractivity contribution >= 4 is 7.25 Å². The van der Waals surface area contributed by atoms with Crippen LogP contribution in [0.3, 0.4) is 0 Å². The van der Waals surface area contributed by atoms with E-state index in [0.29, 0.717) is 0 Å². The Bertz CT molecular complexity index is 79.5. The van der Waals surface area contributed by atoms with Gasteiger partial charge in [-0.25, -0.2) is 0 Å². The first-order chi connectivity index (χ1) is 3.41. The fourth-order valence-electron chi connectivity index (χ4n) is 0. The Morgan fingerprint density at radius 2 is 1.22 bits per heavy atom. The van der Waals surface area contributed by atoms with E-state index in [-0.39, 0.29) is 22.4 Å². The van der Waals surface area contributed by atoms with Gasteiger partial charge in [-0.15, -0.1) is 0 Å². The van der Waals surface area contributed by atoms with Crippen molar-refractivity contribution in [3.8, 4) is 6.07 Å². The first-order valence-electron chi connectivity index (χ1n) is 1.60. The van der Waals surface area contributed by atoms with Crippen molar-refractivity contribution in [2.24, 2.45) is 0 Å². The summed E-state index contributed by atoms with van der Waals surface area (Å²) in [6.07, 6.45) is 0. The molecule has 0 amide bonds. The number of hydrogen-bond donors (Lipinski definition) is 0. The summed E-state index contributed by atoms with van der Waals surface area (Å²) in [5.41, 5.74) is 0. The van der Waals surface area contributed by atoms with Crippen molar-refractivity contribution in [2.75, 3.05) is 0 Å². The molecule has 7 heteroatoms. The van der Waals surface area contributed by atoms with Crippen molar-refractivity contribution in [2.45, 2.75) is 6.92 Å². The number of nitriles is 1. The summed E-state index contributed by atoms with van der Waals surface area (Å²) in [6, 6.07) is 1.75. The number of hydrogen-bond acceptors (Lipinski definition) is 1. The van der Waals surface area contributed by atoms with Crippen LogP contribution in [-0.4, -0.2) is 7.25 Å². The molecule has 0 N–H and O–H groups in total. The molecule has 0 aromatic carbocycles. The van der Waals surface area contributed by atoms with Gasteiger partial charge in [0.15, 0.2) is 0 Å². The molecule has 0 aliphatic heterocycles. The summed E-state index contributed by atoms with van der Waals surface area (Å²) in [5, 5.41) is 7.32. The van der Waals surface area contributed by atoms with Crippen LogP contribution in [-0.2, 0) is 22.4 Å². The molecule has 0 fully saturated rings. The molecule has 0 heterocycles. The molecule has 0 aliphatic rings. The quantitative estimate of drug-likeness (QED) is 0.464. The van der Waals surface area contributed by atoms with Crippen LogP contribution >= 0.6 is 0 Å². The maximum atomic E-state index is 9.75. The van der Waals surface area contributed by atoms with Gasteiger partial charge in [-0.05, 0) is 0 Å². The Hall–Kier alpha value is 0.0152. The van der Waals surface area contributed by atoms with Crippen LogP contribution in [0.15, 0.2) is 0 Å². The molecule has 0 unspecified atom stereocenters. The van der Waals surface area contributed by atoms with E-state index < -0.39 is 7.25 Å². The third-order valence-electron chi connectivity index (χ3n) is 0. The second-order valence-corrected chi connectivity index (χ2v) is 0.718. The molecule has 0 rings (SSSR count). The van der Waals surface area contributed by atoms with E-state index in [1.807, 2.05) is 0 Å². The molecule has 0 aromatic rings. The molecule has 0 radical (unpaired) electrons. The van der Waals surface area contributed by atoms with Crippen LogP contribution in [0, 0.1) is 11.3 Å². The van der Waals surface area contributed by atoms with E-state index in [2.05, 4.69) is 0 Å². The van der Waals surface area contributed by atoms with Gasteiger partial charge in [-0.1, -0.05) is 0 Å². The molecule has 0 saturated heterocycles. The third kappa shape index (κ3) is 1260000. The van der Waals surface area contributed by atoms with Crippen molar-refractivity contribution < 1.29 is 39.6 Å². The fourth-order valence-corrected chi connectivity index (χ4v) is 0. The van der Waals surface area contributed by atoms with E-state index >= 15 is 0 Å². The molecule has 9 heavy (non-hydrogen) atoms. The van der Waals surface area contributed by atoms with Crippen LogP contribution in [0.1, 0.15) is 6.92 Å².